The van der Waals surface area contributed by atoms with E-state index >= 15 is 0 Å². The number of hydrogen-bond acceptors (Lipinski definition) is 12. The highest BCUT2D eigenvalue weighted by Crippen LogP contribution is 2.35. The van der Waals surface area contributed by atoms with Gasteiger partial charge >= 0.3 is 29.5 Å². The highest BCUT2D eigenvalue weighted by Gasteiger charge is 2.41. The third-order valence-corrected chi connectivity index (χ3v) is 18.0. The molecule has 0 unspecified atom stereocenters. The van der Waals surface area contributed by atoms with E-state index in [0.29, 0.717) is 63.2 Å². The Balaban J connectivity index is 1.95. The Morgan fingerprint density at radius 2 is 0.764 bits per heavy atom. The number of carbonyl (C=O) groups excluding carboxylic acids is 2. The number of benzene rings is 2. The van der Waals surface area contributed by atoms with Gasteiger partial charge in [0.15, 0.2) is 0 Å². The molecule has 2 aromatic rings. The zero-order chi connectivity index (χ0) is 41.2. The van der Waals surface area contributed by atoms with E-state index in [4.69, 9.17) is 36.0 Å². The second-order valence-corrected chi connectivity index (χ2v) is 23.2. The maximum absolute atomic E-state index is 13.2. The van der Waals surface area contributed by atoms with Crippen molar-refractivity contribution < 1.29 is 45.6 Å². The lowest BCUT2D eigenvalue weighted by Gasteiger charge is -2.29. The van der Waals surface area contributed by atoms with Crippen LogP contribution in [0.25, 0.3) is 0 Å². The number of ether oxygens (including phenoxy) is 2. The van der Waals surface area contributed by atoms with Crippen molar-refractivity contribution in [3.8, 4) is 11.5 Å². The van der Waals surface area contributed by atoms with Gasteiger partial charge < -0.3 is 36.0 Å². The predicted octanol–water partition coefficient (Wildman–Crippen LogP) is 9.72. The van der Waals surface area contributed by atoms with E-state index in [2.05, 4.69) is 13.8 Å². The lowest BCUT2D eigenvalue weighted by molar-refractivity contribution is -0.137. The molecule has 0 N–H and O–H groups in total. The molecule has 0 radical (unpaired) electrons. The van der Waals surface area contributed by atoms with Crippen LogP contribution in [0.2, 0.25) is 12.1 Å². The van der Waals surface area contributed by atoms with Gasteiger partial charge in [0.1, 0.15) is 21.0 Å². The first-order valence-corrected chi connectivity index (χ1v) is 25.6. The van der Waals surface area contributed by atoms with Crippen LogP contribution in [0.5, 0.6) is 11.5 Å². The molecule has 0 amide bonds. The lowest BCUT2D eigenvalue weighted by atomic mass is 9.78. The summed E-state index contributed by atoms with van der Waals surface area (Å²) in [5.41, 5.74) is 1.75. The number of esters is 2. The van der Waals surface area contributed by atoms with Gasteiger partial charge in [-0.2, -0.15) is 0 Å². The lowest BCUT2D eigenvalue weighted by Crippen LogP contribution is -2.46. The predicted molar refractivity (Wildman–Crippen MR) is 229 cm³/mol. The molecule has 0 saturated carbocycles. The van der Waals surface area contributed by atoms with Crippen LogP contribution in [0, 0.1) is 0 Å². The summed E-state index contributed by atoms with van der Waals surface area (Å²) in [6.45, 7) is 26.8. The fraction of sp³-hybridized carbons (Fsp3) is 0.659. The van der Waals surface area contributed by atoms with Crippen LogP contribution >= 0.6 is 23.5 Å². The molecule has 55 heavy (non-hydrogen) atoms. The number of carbonyl (C=O) groups is 2. The number of rotatable bonds is 28. The topological polar surface area (TPSA) is 108 Å². The summed E-state index contributed by atoms with van der Waals surface area (Å²) in [4.78, 5) is 26.4. The van der Waals surface area contributed by atoms with Gasteiger partial charge in [-0.1, -0.05) is 38.1 Å². The molecule has 0 heterocycles. The largest absolute Gasteiger partial charge is 0.500 e. The van der Waals surface area contributed by atoms with Crippen molar-refractivity contribution in [2.24, 2.45) is 0 Å². The molecule has 0 fully saturated rings. The number of hydrogen-bond donors (Lipinski definition) is 0. The third-order valence-electron chi connectivity index (χ3n) is 8.92. The van der Waals surface area contributed by atoms with Gasteiger partial charge in [-0.15, -0.1) is 23.5 Å². The van der Waals surface area contributed by atoms with Crippen LogP contribution in [0.4, 0.5) is 0 Å². The van der Waals surface area contributed by atoms with Crippen molar-refractivity contribution >= 4 is 53.1 Å². The summed E-state index contributed by atoms with van der Waals surface area (Å²) in [5, 5.41) is 0. The van der Waals surface area contributed by atoms with E-state index in [1.165, 1.54) is 0 Å². The molecular formula is C41H68O10S2Si2. The van der Waals surface area contributed by atoms with Gasteiger partial charge in [0.25, 0.3) is 0 Å². The van der Waals surface area contributed by atoms with E-state index in [1.54, 1.807) is 23.5 Å². The summed E-state index contributed by atoms with van der Waals surface area (Å²) in [6.07, 6.45) is 1.61. The van der Waals surface area contributed by atoms with Crippen LogP contribution in [-0.4, -0.2) is 90.2 Å². The molecule has 0 aliphatic carbocycles. The van der Waals surface area contributed by atoms with Gasteiger partial charge in [0.2, 0.25) is 0 Å². The zero-order valence-electron chi connectivity index (χ0n) is 35.5. The Hall–Kier alpha value is -1.73. The van der Waals surface area contributed by atoms with E-state index < -0.39 is 27.1 Å². The second kappa shape index (κ2) is 23.6. The minimum Gasteiger partial charge on any atom is -0.426 e. The monoisotopic (exact) mass is 840 g/mol. The summed E-state index contributed by atoms with van der Waals surface area (Å²) < 4.78 is 46.0. The van der Waals surface area contributed by atoms with Crippen LogP contribution in [0.3, 0.4) is 0 Å². The van der Waals surface area contributed by atoms with Crippen molar-refractivity contribution in [2.45, 2.75) is 123 Å². The van der Waals surface area contributed by atoms with Crippen LogP contribution in [0.15, 0.2) is 48.5 Å². The minimum atomic E-state index is -2.72. The van der Waals surface area contributed by atoms with Gasteiger partial charge in [0, 0.05) is 57.1 Å². The van der Waals surface area contributed by atoms with Gasteiger partial charge in [-0.25, -0.2) is 0 Å². The van der Waals surface area contributed by atoms with E-state index in [0.717, 1.165) is 35.5 Å². The normalized spacial score (nSPS) is 12.9. The highest BCUT2D eigenvalue weighted by molar-refractivity contribution is 8.01. The molecule has 10 nitrogen and oxygen atoms in total. The first kappa shape index (κ1) is 49.4. The number of thioether (sulfide) groups is 2. The molecule has 0 aliphatic rings. The van der Waals surface area contributed by atoms with Crippen LogP contribution in [-0.2, 0) is 41.6 Å². The van der Waals surface area contributed by atoms with Gasteiger partial charge in [-0.05, 0) is 129 Å². The van der Waals surface area contributed by atoms with Gasteiger partial charge in [-0.3, -0.25) is 9.59 Å². The Labute approximate surface area is 342 Å². The fourth-order valence-electron chi connectivity index (χ4n) is 5.86. The molecule has 2 rings (SSSR count). The average molecular weight is 841 g/mol. The Bertz CT molecular complexity index is 1280. The SMILES string of the molecule is CCO[Si](CCCSC(C)(C)C(=O)Oc1ccc(C(C)(C)c2ccc(OC(=O)C(C)(C)SCCC[Si](OCC)(OCC)OCC)cc2)cc1)(OCC)OCC. The van der Waals surface area contributed by atoms with Crippen LogP contribution < -0.4 is 9.47 Å². The first-order chi connectivity index (χ1) is 26.0. The zero-order valence-corrected chi connectivity index (χ0v) is 39.1. The molecule has 2 aromatic carbocycles. The summed E-state index contributed by atoms with van der Waals surface area (Å²) >= 11 is 3.12. The summed E-state index contributed by atoms with van der Waals surface area (Å²) in [5.74, 6) is 1.88. The maximum Gasteiger partial charge on any atom is 0.500 e. The first-order valence-electron chi connectivity index (χ1n) is 19.8. The highest BCUT2D eigenvalue weighted by atomic mass is 32.2. The molecule has 0 spiro atoms. The van der Waals surface area contributed by atoms with Crippen molar-refractivity contribution in [1.82, 2.24) is 0 Å². The Morgan fingerprint density at radius 1 is 0.491 bits per heavy atom. The van der Waals surface area contributed by atoms with Crippen molar-refractivity contribution in [2.75, 3.05) is 51.1 Å². The molecular weight excluding hydrogens is 773 g/mol. The smallest absolute Gasteiger partial charge is 0.426 e. The van der Waals surface area contributed by atoms with E-state index in [1.807, 2.05) is 118 Å². The summed E-state index contributed by atoms with van der Waals surface area (Å²) in [7, 11) is -5.43. The summed E-state index contributed by atoms with van der Waals surface area (Å²) in [6, 6.07) is 16.7. The molecule has 0 saturated heterocycles. The van der Waals surface area contributed by atoms with E-state index in [-0.39, 0.29) is 17.4 Å². The van der Waals surface area contributed by atoms with Crippen LogP contribution in [0.1, 0.15) is 107 Å². The third kappa shape index (κ3) is 15.5. The Kier molecular flexibility index (Phi) is 21.2. The fourth-order valence-corrected chi connectivity index (χ4v) is 13.5. The maximum atomic E-state index is 13.2. The second-order valence-electron chi connectivity index (χ2n) is 14.3. The Morgan fingerprint density at radius 3 is 1.02 bits per heavy atom. The molecule has 0 aromatic heterocycles. The molecule has 14 heteroatoms. The van der Waals surface area contributed by atoms with Crippen molar-refractivity contribution in [3.63, 3.8) is 0 Å². The molecule has 0 aliphatic heterocycles. The standard InChI is InChI=1S/C41H68O10S2Si2/c1-13-44-54(45-14-2,46-15-3)31-19-29-52-40(9,10)37(42)50-35-25-21-33(22-26-35)39(7,8)34-23-27-36(28-24-34)51-38(43)41(11,12)53-30-20-32-55(47-16-4,48-17-5)49-18-6/h21-28H,13-20,29-32H2,1-12H3. The minimum absolute atomic E-state index is 0.299. The van der Waals surface area contributed by atoms with Gasteiger partial charge in [0.05, 0.1) is 0 Å². The molecule has 312 valence electrons. The molecule has 0 bridgehead atoms. The van der Waals surface area contributed by atoms with E-state index in [9.17, 15) is 9.59 Å². The van der Waals surface area contributed by atoms with Crippen molar-refractivity contribution in [3.05, 3.63) is 59.7 Å². The average Bonchev–Trinajstić information content (AvgIpc) is 3.13. The molecule has 0 atom stereocenters. The van der Waals surface area contributed by atoms with Crippen molar-refractivity contribution in [1.29, 1.82) is 0 Å². The quantitative estimate of drug-likeness (QED) is 0.0352.